The van der Waals surface area contributed by atoms with E-state index in [1.807, 2.05) is 0 Å². The summed E-state index contributed by atoms with van der Waals surface area (Å²) in [5.74, 6) is 2.68. The molecule has 0 bridgehead atoms. The van der Waals surface area contributed by atoms with E-state index >= 15 is 0 Å². The highest BCUT2D eigenvalue weighted by atomic mass is 16.2. The first-order chi connectivity index (χ1) is 6.29. The van der Waals surface area contributed by atoms with Crippen LogP contribution in [0.5, 0.6) is 0 Å². The van der Waals surface area contributed by atoms with Crippen LogP contribution in [0.4, 0.5) is 0 Å². The topological polar surface area (TPSA) is 32.3 Å². The lowest BCUT2D eigenvalue weighted by Crippen LogP contribution is -2.48. The molecular formula is C10H16N2O. The zero-order valence-electron chi connectivity index (χ0n) is 8.05. The molecule has 1 amide bonds. The van der Waals surface area contributed by atoms with E-state index in [0.29, 0.717) is 6.54 Å². The summed E-state index contributed by atoms with van der Waals surface area (Å²) >= 11 is 0. The average molecular weight is 180 g/mol. The van der Waals surface area contributed by atoms with Crippen molar-refractivity contribution in [3.63, 3.8) is 0 Å². The highest BCUT2D eigenvalue weighted by Crippen LogP contribution is 2.16. The number of hydrogen-bond donors (Lipinski definition) is 1. The predicted molar refractivity (Wildman–Crippen MR) is 52.1 cm³/mol. The monoisotopic (exact) mass is 180 g/mol. The lowest BCUT2D eigenvalue weighted by Gasteiger charge is -2.32. The Morgan fingerprint density at radius 2 is 2.46 bits per heavy atom. The van der Waals surface area contributed by atoms with Crippen LogP contribution in [-0.4, -0.2) is 37.0 Å². The van der Waals surface area contributed by atoms with Crippen molar-refractivity contribution in [1.82, 2.24) is 10.2 Å². The van der Waals surface area contributed by atoms with Crippen molar-refractivity contribution < 1.29 is 4.79 Å². The summed E-state index contributed by atoms with van der Waals surface area (Å²) in [6.45, 7) is 1.53. The number of likely N-dealkylation sites (tertiary alicyclic amines) is 1. The molecule has 0 aromatic carbocycles. The normalized spacial score (nSPS) is 23.5. The third-order valence-corrected chi connectivity index (χ3v) is 2.46. The number of carbonyl (C=O) groups is 1. The Hall–Kier alpha value is -1.01. The van der Waals surface area contributed by atoms with Crippen LogP contribution in [0, 0.1) is 12.3 Å². The Kier molecular flexibility index (Phi) is 3.78. The number of nitrogens with one attached hydrogen (secondary N) is 1. The summed E-state index contributed by atoms with van der Waals surface area (Å²) in [5.41, 5.74) is 0. The third-order valence-electron chi connectivity index (χ3n) is 2.46. The van der Waals surface area contributed by atoms with E-state index in [1.165, 1.54) is 0 Å². The van der Waals surface area contributed by atoms with Crippen molar-refractivity contribution in [2.24, 2.45) is 0 Å². The van der Waals surface area contributed by atoms with Gasteiger partial charge in [0.2, 0.25) is 5.91 Å². The van der Waals surface area contributed by atoms with Gasteiger partial charge in [-0.05, 0) is 19.4 Å². The second-order valence-corrected chi connectivity index (χ2v) is 3.30. The molecular weight excluding hydrogens is 164 g/mol. The fraction of sp³-hybridized carbons (Fsp3) is 0.700. The van der Waals surface area contributed by atoms with E-state index in [4.69, 9.17) is 6.42 Å². The van der Waals surface area contributed by atoms with Gasteiger partial charge in [-0.15, -0.1) is 6.42 Å². The molecule has 72 valence electrons. The minimum atomic E-state index is -0.00481. The van der Waals surface area contributed by atoms with Crippen LogP contribution in [0.25, 0.3) is 0 Å². The molecule has 0 unspecified atom stereocenters. The number of rotatable bonds is 2. The number of amides is 1. The number of nitrogens with zero attached hydrogens (tertiary/aromatic N) is 1. The average Bonchev–Trinajstić information content (AvgIpc) is 2.18. The SMILES string of the molecule is C#CCN1CCCC[C@H]1C(=O)NC. The van der Waals surface area contributed by atoms with Gasteiger partial charge in [0.1, 0.15) is 0 Å². The Morgan fingerprint density at radius 3 is 3.08 bits per heavy atom. The Balaban J connectivity index is 2.57. The van der Waals surface area contributed by atoms with Gasteiger partial charge in [0.05, 0.1) is 12.6 Å². The first-order valence-corrected chi connectivity index (χ1v) is 4.68. The third kappa shape index (κ3) is 2.46. The maximum Gasteiger partial charge on any atom is 0.237 e. The molecule has 1 N–H and O–H groups in total. The fourth-order valence-electron chi connectivity index (χ4n) is 1.76. The van der Waals surface area contributed by atoms with Crippen LogP contribution in [-0.2, 0) is 4.79 Å². The van der Waals surface area contributed by atoms with Crippen LogP contribution in [0.2, 0.25) is 0 Å². The lowest BCUT2D eigenvalue weighted by atomic mass is 10.0. The lowest BCUT2D eigenvalue weighted by molar-refractivity contribution is -0.126. The van der Waals surface area contributed by atoms with Crippen LogP contribution < -0.4 is 5.32 Å². The standard InChI is InChI=1S/C10H16N2O/c1-3-7-12-8-5-4-6-9(12)10(13)11-2/h1,9H,4-8H2,2H3,(H,11,13)/t9-/m0/s1. The molecule has 1 heterocycles. The van der Waals surface area contributed by atoms with Crippen molar-refractivity contribution in [2.75, 3.05) is 20.1 Å². The summed E-state index contributed by atoms with van der Waals surface area (Å²) in [7, 11) is 1.67. The maximum atomic E-state index is 11.4. The first-order valence-electron chi connectivity index (χ1n) is 4.68. The maximum absolute atomic E-state index is 11.4. The van der Waals surface area contributed by atoms with Gasteiger partial charge in [-0.25, -0.2) is 0 Å². The number of carbonyl (C=O) groups excluding carboxylic acids is 1. The molecule has 1 rings (SSSR count). The number of terminal acetylenes is 1. The number of hydrogen-bond acceptors (Lipinski definition) is 2. The van der Waals surface area contributed by atoms with Crippen molar-refractivity contribution in [2.45, 2.75) is 25.3 Å². The molecule has 13 heavy (non-hydrogen) atoms. The van der Waals surface area contributed by atoms with Crippen molar-refractivity contribution in [3.8, 4) is 12.3 Å². The van der Waals surface area contributed by atoms with E-state index in [1.54, 1.807) is 7.05 Å². The molecule has 3 nitrogen and oxygen atoms in total. The highest BCUT2D eigenvalue weighted by Gasteiger charge is 2.26. The van der Waals surface area contributed by atoms with E-state index in [9.17, 15) is 4.79 Å². The number of likely N-dealkylation sites (N-methyl/N-ethyl adjacent to an activating group) is 1. The molecule has 1 aliphatic heterocycles. The largest absolute Gasteiger partial charge is 0.358 e. The molecule has 1 saturated heterocycles. The summed E-state index contributed by atoms with van der Waals surface area (Å²) in [4.78, 5) is 13.5. The van der Waals surface area contributed by atoms with Gasteiger partial charge in [0, 0.05) is 7.05 Å². The van der Waals surface area contributed by atoms with Crippen molar-refractivity contribution in [3.05, 3.63) is 0 Å². The molecule has 0 aromatic heterocycles. The zero-order chi connectivity index (χ0) is 9.68. The smallest absolute Gasteiger partial charge is 0.237 e. The summed E-state index contributed by atoms with van der Waals surface area (Å²) in [6.07, 6.45) is 8.44. The molecule has 0 spiro atoms. The molecule has 1 fully saturated rings. The van der Waals surface area contributed by atoms with Gasteiger partial charge >= 0.3 is 0 Å². The highest BCUT2D eigenvalue weighted by molar-refractivity contribution is 5.81. The summed E-state index contributed by atoms with van der Waals surface area (Å²) in [6, 6.07) is -0.00481. The fourth-order valence-corrected chi connectivity index (χ4v) is 1.76. The molecule has 1 aliphatic rings. The summed E-state index contributed by atoms with van der Waals surface area (Å²) in [5, 5.41) is 2.67. The molecule has 0 radical (unpaired) electrons. The van der Waals surface area contributed by atoms with Gasteiger partial charge in [-0.1, -0.05) is 12.3 Å². The molecule has 0 saturated carbocycles. The van der Waals surface area contributed by atoms with Gasteiger partial charge in [0.25, 0.3) is 0 Å². The second-order valence-electron chi connectivity index (χ2n) is 3.30. The van der Waals surface area contributed by atoms with Gasteiger partial charge in [-0.2, -0.15) is 0 Å². The number of piperidine rings is 1. The molecule has 0 aliphatic carbocycles. The minimum Gasteiger partial charge on any atom is -0.358 e. The molecule has 1 atom stereocenters. The van der Waals surface area contributed by atoms with E-state index in [-0.39, 0.29) is 11.9 Å². The molecule has 3 heteroatoms. The van der Waals surface area contributed by atoms with Crippen LogP contribution >= 0.6 is 0 Å². The first kappa shape index (κ1) is 10.1. The van der Waals surface area contributed by atoms with E-state index in [0.717, 1.165) is 25.8 Å². The Morgan fingerprint density at radius 1 is 1.69 bits per heavy atom. The predicted octanol–water partition coefficient (Wildman–Crippen LogP) is 0.220. The zero-order valence-corrected chi connectivity index (χ0v) is 8.05. The van der Waals surface area contributed by atoms with E-state index in [2.05, 4.69) is 16.1 Å². The van der Waals surface area contributed by atoms with Crippen LogP contribution in [0.15, 0.2) is 0 Å². The quantitative estimate of drug-likeness (QED) is 0.617. The van der Waals surface area contributed by atoms with Crippen LogP contribution in [0.1, 0.15) is 19.3 Å². The molecule has 0 aromatic rings. The van der Waals surface area contributed by atoms with Crippen molar-refractivity contribution >= 4 is 5.91 Å². The van der Waals surface area contributed by atoms with E-state index < -0.39 is 0 Å². The summed E-state index contributed by atoms with van der Waals surface area (Å²) < 4.78 is 0. The minimum absolute atomic E-state index is 0.00481. The van der Waals surface area contributed by atoms with Crippen molar-refractivity contribution in [1.29, 1.82) is 0 Å². The Labute approximate surface area is 79.5 Å². The second kappa shape index (κ2) is 4.88. The van der Waals surface area contributed by atoms with Crippen LogP contribution in [0.3, 0.4) is 0 Å². The van der Waals surface area contributed by atoms with Gasteiger partial charge in [-0.3, -0.25) is 9.69 Å². The van der Waals surface area contributed by atoms with Gasteiger partial charge in [0.15, 0.2) is 0 Å². The van der Waals surface area contributed by atoms with Gasteiger partial charge < -0.3 is 5.32 Å². The Bertz CT molecular complexity index is 219.